The molecule has 2 atom stereocenters. The molecule has 2 aliphatic heterocycles. The number of hydrogen-bond acceptors (Lipinski definition) is 4. The fourth-order valence-corrected chi connectivity index (χ4v) is 3.06. The minimum atomic E-state index is -0.854. The molecule has 2 fully saturated rings. The fourth-order valence-electron chi connectivity index (χ4n) is 3.06. The lowest BCUT2D eigenvalue weighted by atomic mass is 9.91. The Morgan fingerprint density at radius 1 is 1.65 bits per heavy atom. The van der Waals surface area contributed by atoms with Gasteiger partial charge in [0.25, 0.3) is 0 Å². The van der Waals surface area contributed by atoms with Crippen LogP contribution in [0.25, 0.3) is 0 Å². The van der Waals surface area contributed by atoms with Crippen LogP contribution in [0.2, 0.25) is 0 Å². The van der Waals surface area contributed by atoms with Crippen LogP contribution in [0.4, 0.5) is 4.79 Å². The zero-order valence-corrected chi connectivity index (χ0v) is 9.33. The topological polar surface area (TPSA) is 78.3 Å². The number of nitrogens with one attached hydrogen (secondary N) is 1. The third kappa shape index (κ3) is 1.40. The second-order valence-electron chi connectivity index (χ2n) is 4.60. The van der Waals surface area contributed by atoms with Crippen LogP contribution in [0.15, 0.2) is 18.6 Å². The third-order valence-electron chi connectivity index (χ3n) is 3.78. The van der Waals surface area contributed by atoms with Gasteiger partial charge in [-0.15, -0.1) is 0 Å². The zero-order chi connectivity index (χ0) is 11.9. The number of hydrogen-bond donors (Lipinski definition) is 2. The van der Waals surface area contributed by atoms with E-state index in [2.05, 4.69) is 15.3 Å². The molecule has 1 aromatic heterocycles. The molecular weight excluding hydrogens is 220 g/mol. The molecular formula is C11H14N4O2. The smallest absolute Gasteiger partial charge is 0.408 e. The van der Waals surface area contributed by atoms with Crippen molar-refractivity contribution in [1.82, 2.24) is 20.2 Å². The highest BCUT2D eigenvalue weighted by Crippen LogP contribution is 2.42. The van der Waals surface area contributed by atoms with E-state index in [0.717, 1.165) is 25.1 Å². The second-order valence-corrected chi connectivity index (χ2v) is 4.60. The minimum absolute atomic E-state index is 0.0659. The minimum Gasteiger partial charge on any atom is -0.465 e. The lowest BCUT2D eigenvalue weighted by Gasteiger charge is -2.42. The van der Waals surface area contributed by atoms with E-state index in [1.807, 2.05) is 6.07 Å². The summed E-state index contributed by atoms with van der Waals surface area (Å²) in [4.78, 5) is 21.2. The first-order valence-corrected chi connectivity index (χ1v) is 5.73. The molecule has 3 heterocycles. The van der Waals surface area contributed by atoms with Crippen LogP contribution in [-0.2, 0) is 5.54 Å². The van der Waals surface area contributed by atoms with Gasteiger partial charge < -0.3 is 10.4 Å². The average Bonchev–Trinajstić information content (AvgIpc) is 2.59. The average molecular weight is 234 g/mol. The van der Waals surface area contributed by atoms with Crippen LogP contribution in [0.1, 0.15) is 18.5 Å². The van der Waals surface area contributed by atoms with Gasteiger partial charge in [-0.3, -0.25) is 4.90 Å². The van der Waals surface area contributed by atoms with Crippen molar-refractivity contribution in [2.24, 2.45) is 0 Å². The lowest BCUT2D eigenvalue weighted by molar-refractivity contribution is 0.0573. The van der Waals surface area contributed by atoms with E-state index in [4.69, 9.17) is 0 Å². The van der Waals surface area contributed by atoms with E-state index in [0.29, 0.717) is 6.54 Å². The number of aromatic nitrogens is 2. The Bertz CT molecular complexity index is 434. The Labute approximate surface area is 98.7 Å². The van der Waals surface area contributed by atoms with Crippen molar-refractivity contribution in [3.8, 4) is 0 Å². The number of amides is 1. The molecule has 1 amide bonds. The summed E-state index contributed by atoms with van der Waals surface area (Å²) >= 11 is 0. The van der Waals surface area contributed by atoms with Crippen molar-refractivity contribution in [3.05, 3.63) is 24.3 Å². The molecule has 0 aromatic carbocycles. The summed E-state index contributed by atoms with van der Waals surface area (Å²) < 4.78 is 0. The predicted octanol–water partition coefficient (Wildman–Crippen LogP) is 0.418. The molecule has 6 heteroatoms. The maximum absolute atomic E-state index is 11.4. The summed E-state index contributed by atoms with van der Waals surface area (Å²) in [6, 6.07) is 1.88. The van der Waals surface area contributed by atoms with Gasteiger partial charge in [-0.05, 0) is 18.9 Å². The summed E-state index contributed by atoms with van der Waals surface area (Å²) in [5.41, 5.74) is 0.294. The van der Waals surface area contributed by atoms with Gasteiger partial charge in [0.1, 0.15) is 11.9 Å². The van der Waals surface area contributed by atoms with Gasteiger partial charge in [0.15, 0.2) is 0 Å². The van der Waals surface area contributed by atoms with E-state index < -0.39 is 11.6 Å². The van der Waals surface area contributed by atoms with E-state index in [9.17, 15) is 9.90 Å². The molecule has 0 spiro atoms. The summed E-state index contributed by atoms with van der Waals surface area (Å²) in [6.07, 6.45) is 4.01. The van der Waals surface area contributed by atoms with Crippen molar-refractivity contribution < 1.29 is 9.90 Å². The van der Waals surface area contributed by atoms with Crippen molar-refractivity contribution >= 4 is 6.09 Å². The fraction of sp³-hybridized carbons (Fsp3) is 0.545. The van der Waals surface area contributed by atoms with Gasteiger partial charge in [0.05, 0.1) is 5.69 Å². The van der Waals surface area contributed by atoms with Gasteiger partial charge in [0, 0.05) is 25.3 Å². The second kappa shape index (κ2) is 3.66. The molecule has 2 saturated heterocycles. The number of carbonyl (C=O) groups is 1. The van der Waals surface area contributed by atoms with Crippen LogP contribution < -0.4 is 5.32 Å². The van der Waals surface area contributed by atoms with Crippen LogP contribution >= 0.6 is 0 Å². The Hall–Kier alpha value is -1.69. The van der Waals surface area contributed by atoms with Crippen molar-refractivity contribution in [3.63, 3.8) is 0 Å². The monoisotopic (exact) mass is 234 g/mol. The molecule has 6 nitrogen and oxygen atoms in total. The molecule has 2 unspecified atom stereocenters. The largest absolute Gasteiger partial charge is 0.465 e. The number of rotatable bonds is 1. The van der Waals surface area contributed by atoms with Gasteiger partial charge in [-0.1, -0.05) is 0 Å². The summed E-state index contributed by atoms with van der Waals surface area (Å²) in [6.45, 7) is 1.37. The highest BCUT2D eigenvalue weighted by molar-refractivity contribution is 5.68. The molecule has 2 aliphatic rings. The van der Waals surface area contributed by atoms with Crippen LogP contribution in [0.3, 0.4) is 0 Å². The van der Waals surface area contributed by atoms with E-state index in [-0.39, 0.29) is 6.04 Å². The van der Waals surface area contributed by atoms with Gasteiger partial charge in [-0.25, -0.2) is 14.8 Å². The summed E-state index contributed by atoms with van der Waals surface area (Å²) in [5, 5.41) is 12.7. The normalized spacial score (nSPS) is 31.5. The summed E-state index contributed by atoms with van der Waals surface area (Å²) in [5.74, 6) is 0. The SMILES string of the molecule is O=C(O)N1C2CCC1(c1ccncn1)CNC2. The highest BCUT2D eigenvalue weighted by atomic mass is 16.4. The van der Waals surface area contributed by atoms with Gasteiger partial charge in [-0.2, -0.15) is 0 Å². The van der Waals surface area contributed by atoms with Crippen LogP contribution in [0.5, 0.6) is 0 Å². The molecule has 2 bridgehead atoms. The maximum Gasteiger partial charge on any atom is 0.408 e. The lowest BCUT2D eigenvalue weighted by Crippen LogP contribution is -2.60. The number of nitrogens with zero attached hydrogens (tertiary/aromatic N) is 3. The Balaban J connectivity index is 2.07. The Kier molecular flexibility index (Phi) is 2.25. The zero-order valence-electron chi connectivity index (χ0n) is 9.33. The molecule has 0 radical (unpaired) electrons. The standard InChI is InChI=1S/C11H14N4O2/c16-10(17)15-8-1-3-11(15,6-13-5-8)9-2-4-12-7-14-9/h2,4,7-8,13H,1,3,5-6H2,(H,16,17). The van der Waals surface area contributed by atoms with Crippen molar-refractivity contribution in [2.75, 3.05) is 13.1 Å². The highest BCUT2D eigenvalue weighted by Gasteiger charge is 2.53. The maximum atomic E-state index is 11.4. The summed E-state index contributed by atoms with van der Waals surface area (Å²) in [7, 11) is 0. The first kappa shape index (κ1) is 10.5. The number of carboxylic acid groups (broad SMARTS) is 1. The molecule has 90 valence electrons. The molecule has 17 heavy (non-hydrogen) atoms. The first-order valence-electron chi connectivity index (χ1n) is 5.73. The Morgan fingerprint density at radius 2 is 2.53 bits per heavy atom. The Morgan fingerprint density at radius 3 is 3.24 bits per heavy atom. The third-order valence-corrected chi connectivity index (χ3v) is 3.78. The van der Waals surface area contributed by atoms with E-state index in [1.165, 1.54) is 6.33 Å². The first-order chi connectivity index (χ1) is 8.24. The predicted molar refractivity (Wildman–Crippen MR) is 59.5 cm³/mol. The van der Waals surface area contributed by atoms with Crippen LogP contribution in [-0.4, -0.2) is 45.2 Å². The van der Waals surface area contributed by atoms with Gasteiger partial charge in [0.2, 0.25) is 0 Å². The van der Waals surface area contributed by atoms with E-state index in [1.54, 1.807) is 11.1 Å². The quantitative estimate of drug-likeness (QED) is 0.736. The molecule has 0 aliphatic carbocycles. The molecule has 2 N–H and O–H groups in total. The van der Waals surface area contributed by atoms with E-state index >= 15 is 0 Å². The van der Waals surface area contributed by atoms with Crippen molar-refractivity contribution in [2.45, 2.75) is 24.4 Å². The molecule has 1 aromatic rings. The molecule has 0 saturated carbocycles. The van der Waals surface area contributed by atoms with Crippen LogP contribution in [0, 0.1) is 0 Å². The number of piperazine rings is 1. The number of fused-ring (bicyclic) bond motifs is 2. The molecule has 3 rings (SSSR count). The van der Waals surface area contributed by atoms with Crippen molar-refractivity contribution in [1.29, 1.82) is 0 Å². The van der Waals surface area contributed by atoms with Gasteiger partial charge >= 0.3 is 6.09 Å².